The van der Waals surface area contributed by atoms with Crippen molar-refractivity contribution < 1.29 is 4.74 Å². The highest BCUT2D eigenvalue weighted by Crippen LogP contribution is 2.29. The fourth-order valence-corrected chi connectivity index (χ4v) is 2.47. The largest absolute Gasteiger partial charge is 0.381 e. The summed E-state index contributed by atoms with van der Waals surface area (Å²) in [5.74, 6) is 0.587. The van der Waals surface area contributed by atoms with Gasteiger partial charge in [0.25, 0.3) is 0 Å². The number of nitrogens with one attached hydrogen (secondary N) is 1. The van der Waals surface area contributed by atoms with Gasteiger partial charge in [0, 0.05) is 30.5 Å². The summed E-state index contributed by atoms with van der Waals surface area (Å²) < 4.78 is 5.52. The van der Waals surface area contributed by atoms with Crippen LogP contribution in [0.5, 0.6) is 0 Å². The molecule has 0 aromatic carbocycles. The summed E-state index contributed by atoms with van der Waals surface area (Å²) in [6.07, 6.45) is 4.17. The zero-order valence-corrected chi connectivity index (χ0v) is 10.8. The maximum absolute atomic E-state index is 5.52. The molecule has 1 N–H and O–H groups in total. The zero-order valence-electron chi connectivity index (χ0n) is 10.8. The number of hydrogen-bond donors (Lipinski definition) is 1. The van der Waals surface area contributed by atoms with Crippen molar-refractivity contribution in [1.82, 2.24) is 10.3 Å². The Morgan fingerprint density at radius 2 is 2.47 bits per heavy atom. The Balaban J connectivity index is 2.16. The molecule has 1 aromatic heterocycles. The van der Waals surface area contributed by atoms with Crippen molar-refractivity contribution in [2.24, 2.45) is 5.92 Å². The molecule has 2 heterocycles. The lowest BCUT2D eigenvalue weighted by Crippen LogP contribution is -2.30. The van der Waals surface area contributed by atoms with Crippen LogP contribution < -0.4 is 5.32 Å². The number of ether oxygens (including phenoxy) is 1. The monoisotopic (exact) mass is 234 g/mol. The number of nitrogens with zero attached hydrogens (tertiary/aromatic N) is 1. The minimum absolute atomic E-state index is 0.395. The lowest BCUT2D eigenvalue weighted by molar-refractivity contribution is 0.176. The van der Waals surface area contributed by atoms with Gasteiger partial charge in [0.05, 0.1) is 6.61 Å². The summed E-state index contributed by atoms with van der Waals surface area (Å²) in [7, 11) is 0. The van der Waals surface area contributed by atoms with Crippen molar-refractivity contribution in [2.45, 2.75) is 32.7 Å². The second-order valence-electron chi connectivity index (χ2n) is 4.73. The SMILES string of the molecule is CCCNC(c1cccnc1C)C1CCOC1. The lowest BCUT2D eigenvalue weighted by atomic mass is 9.91. The second kappa shape index (κ2) is 6.12. The van der Waals surface area contributed by atoms with E-state index in [2.05, 4.69) is 30.2 Å². The van der Waals surface area contributed by atoms with Crippen molar-refractivity contribution in [3.05, 3.63) is 29.6 Å². The molecule has 0 aliphatic carbocycles. The van der Waals surface area contributed by atoms with Crippen molar-refractivity contribution in [3.8, 4) is 0 Å². The minimum atomic E-state index is 0.395. The fourth-order valence-electron chi connectivity index (χ4n) is 2.47. The second-order valence-corrected chi connectivity index (χ2v) is 4.73. The van der Waals surface area contributed by atoms with Crippen LogP contribution in [0.25, 0.3) is 0 Å². The number of aryl methyl sites for hydroxylation is 1. The molecule has 0 bridgehead atoms. The predicted octanol–water partition coefficient (Wildman–Crippen LogP) is 2.47. The molecule has 0 spiro atoms. The Bertz CT molecular complexity index is 348. The molecule has 2 atom stereocenters. The maximum Gasteiger partial charge on any atom is 0.0513 e. The summed E-state index contributed by atoms with van der Waals surface area (Å²) in [5, 5.41) is 3.65. The van der Waals surface area contributed by atoms with Crippen LogP contribution in [0.4, 0.5) is 0 Å². The van der Waals surface area contributed by atoms with Gasteiger partial charge in [0.1, 0.15) is 0 Å². The molecule has 3 heteroatoms. The molecule has 1 fully saturated rings. The van der Waals surface area contributed by atoms with Gasteiger partial charge in [0.15, 0.2) is 0 Å². The first kappa shape index (κ1) is 12.5. The Kier molecular flexibility index (Phi) is 4.51. The summed E-state index contributed by atoms with van der Waals surface area (Å²) in [6.45, 7) is 7.11. The standard InChI is InChI=1S/C14H22N2O/c1-3-7-16-14(12-6-9-17-10-12)13-5-4-8-15-11(13)2/h4-5,8,12,14,16H,3,6-7,9-10H2,1-2H3. The van der Waals surface area contributed by atoms with Crippen LogP contribution in [-0.2, 0) is 4.74 Å². The van der Waals surface area contributed by atoms with E-state index in [1.54, 1.807) is 0 Å². The van der Waals surface area contributed by atoms with Gasteiger partial charge in [-0.1, -0.05) is 13.0 Å². The Morgan fingerprint density at radius 3 is 3.12 bits per heavy atom. The minimum Gasteiger partial charge on any atom is -0.381 e. The van der Waals surface area contributed by atoms with Crippen LogP contribution in [0, 0.1) is 12.8 Å². The number of hydrogen-bond acceptors (Lipinski definition) is 3. The molecule has 94 valence electrons. The van der Waals surface area contributed by atoms with E-state index in [0.717, 1.165) is 38.3 Å². The fraction of sp³-hybridized carbons (Fsp3) is 0.643. The van der Waals surface area contributed by atoms with Gasteiger partial charge >= 0.3 is 0 Å². The van der Waals surface area contributed by atoms with Gasteiger partial charge in [-0.25, -0.2) is 0 Å². The van der Waals surface area contributed by atoms with E-state index in [9.17, 15) is 0 Å². The normalized spacial score (nSPS) is 21.6. The number of pyridine rings is 1. The van der Waals surface area contributed by atoms with E-state index in [1.165, 1.54) is 5.56 Å². The third kappa shape index (κ3) is 3.05. The average Bonchev–Trinajstić information content (AvgIpc) is 2.85. The van der Waals surface area contributed by atoms with Crippen LogP contribution in [0.1, 0.15) is 37.1 Å². The topological polar surface area (TPSA) is 34.2 Å². The van der Waals surface area contributed by atoms with Crippen molar-refractivity contribution in [2.75, 3.05) is 19.8 Å². The van der Waals surface area contributed by atoms with Crippen molar-refractivity contribution in [1.29, 1.82) is 0 Å². The van der Waals surface area contributed by atoms with E-state index in [1.807, 2.05) is 12.3 Å². The zero-order chi connectivity index (χ0) is 12.1. The van der Waals surface area contributed by atoms with Crippen LogP contribution >= 0.6 is 0 Å². The highest BCUT2D eigenvalue weighted by Gasteiger charge is 2.27. The number of rotatable bonds is 5. The van der Waals surface area contributed by atoms with Crippen LogP contribution in [0.3, 0.4) is 0 Å². The molecule has 0 amide bonds. The van der Waals surface area contributed by atoms with Gasteiger partial charge < -0.3 is 10.1 Å². The third-order valence-corrected chi connectivity index (χ3v) is 3.43. The summed E-state index contributed by atoms with van der Waals surface area (Å²) in [5.41, 5.74) is 2.46. The van der Waals surface area contributed by atoms with Gasteiger partial charge in [0.2, 0.25) is 0 Å². The molecule has 1 aromatic rings. The van der Waals surface area contributed by atoms with E-state index < -0.39 is 0 Å². The van der Waals surface area contributed by atoms with Gasteiger partial charge in [-0.05, 0) is 37.9 Å². The van der Waals surface area contributed by atoms with E-state index in [4.69, 9.17) is 4.74 Å². The first-order valence-corrected chi connectivity index (χ1v) is 6.55. The molecule has 1 aliphatic rings. The van der Waals surface area contributed by atoms with Crippen LogP contribution in [0.15, 0.2) is 18.3 Å². The Hall–Kier alpha value is -0.930. The molecule has 1 aliphatic heterocycles. The average molecular weight is 234 g/mol. The van der Waals surface area contributed by atoms with Crippen LogP contribution in [0.2, 0.25) is 0 Å². The Morgan fingerprint density at radius 1 is 1.59 bits per heavy atom. The summed E-state index contributed by atoms with van der Waals surface area (Å²) in [6, 6.07) is 4.61. The van der Waals surface area contributed by atoms with Gasteiger partial charge in [-0.2, -0.15) is 0 Å². The predicted molar refractivity (Wildman–Crippen MR) is 68.9 cm³/mol. The molecule has 1 saturated heterocycles. The van der Waals surface area contributed by atoms with Gasteiger partial charge in [-0.3, -0.25) is 4.98 Å². The molecule has 17 heavy (non-hydrogen) atoms. The van der Waals surface area contributed by atoms with Crippen molar-refractivity contribution >= 4 is 0 Å². The molecule has 2 unspecified atom stereocenters. The van der Waals surface area contributed by atoms with Crippen LogP contribution in [-0.4, -0.2) is 24.7 Å². The summed E-state index contributed by atoms with van der Waals surface area (Å²) in [4.78, 5) is 4.40. The molecule has 3 nitrogen and oxygen atoms in total. The molecule has 0 saturated carbocycles. The smallest absolute Gasteiger partial charge is 0.0513 e. The number of aromatic nitrogens is 1. The Labute approximate surface area is 104 Å². The first-order valence-electron chi connectivity index (χ1n) is 6.55. The lowest BCUT2D eigenvalue weighted by Gasteiger charge is -2.25. The molecular weight excluding hydrogens is 212 g/mol. The first-order chi connectivity index (χ1) is 8.33. The van der Waals surface area contributed by atoms with Crippen molar-refractivity contribution in [3.63, 3.8) is 0 Å². The highest BCUT2D eigenvalue weighted by molar-refractivity contribution is 5.23. The molecule has 2 rings (SSSR count). The van der Waals surface area contributed by atoms with E-state index >= 15 is 0 Å². The van der Waals surface area contributed by atoms with Gasteiger partial charge in [-0.15, -0.1) is 0 Å². The van der Waals surface area contributed by atoms with E-state index in [-0.39, 0.29) is 0 Å². The maximum atomic E-state index is 5.52. The third-order valence-electron chi connectivity index (χ3n) is 3.43. The van der Waals surface area contributed by atoms with E-state index in [0.29, 0.717) is 12.0 Å². The molecule has 0 radical (unpaired) electrons. The highest BCUT2D eigenvalue weighted by atomic mass is 16.5. The summed E-state index contributed by atoms with van der Waals surface area (Å²) >= 11 is 0. The molecular formula is C14H22N2O. The quantitative estimate of drug-likeness (QED) is 0.850.